The molecular weight excluding hydrogens is 468 g/mol. The fourth-order valence-corrected chi connectivity index (χ4v) is 9.63. The molecule has 0 radical (unpaired) electrons. The van der Waals surface area contributed by atoms with Crippen LogP contribution < -0.4 is 0 Å². The van der Waals surface area contributed by atoms with Crippen LogP contribution in [-0.4, -0.2) is 0 Å². The van der Waals surface area contributed by atoms with E-state index in [1.807, 2.05) is 0 Å². The molecule has 1 saturated carbocycles. The van der Waals surface area contributed by atoms with Crippen LogP contribution in [0.5, 0.6) is 0 Å². The van der Waals surface area contributed by atoms with Crippen molar-refractivity contribution in [1.82, 2.24) is 0 Å². The van der Waals surface area contributed by atoms with Gasteiger partial charge in [0.25, 0.3) is 0 Å². The van der Waals surface area contributed by atoms with E-state index in [2.05, 4.69) is 102 Å². The smallest absolute Gasteiger partial charge is 0.0474 e. The lowest BCUT2D eigenvalue weighted by molar-refractivity contribution is 0.226. The van der Waals surface area contributed by atoms with E-state index < -0.39 is 0 Å². The largest absolute Gasteiger partial charge is 0.0657 e. The molecular formula is C39H40. The molecule has 0 nitrogen and oxygen atoms in total. The van der Waals surface area contributed by atoms with Gasteiger partial charge in [0.15, 0.2) is 0 Å². The Kier molecular flexibility index (Phi) is 4.72. The Morgan fingerprint density at radius 1 is 0.718 bits per heavy atom. The number of hydrogen-bond donors (Lipinski definition) is 0. The molecule has 0 bridgehead atoms. The van der Waals surface area contributed by atoms with Crippen LogP contribution in [0.15, 0.2) is 77.4 Å². The fourth-order valence-electron chi connectivity index (χ4n) is 9.63. The second-order valence-corrected chi connectivity index (χ2v) is 13.7. The van der Waals surface area contributed by atoms with Crippen molar-refractivity contribution in [2.45, 2.75) is 84.5 Å². The summed E-state index contributed by atoms with van der Waals surface area (Å²) in [6, 6.07) is 21.6. The first-order valence-corrected chi connectivity index (χ1v) is 15.3. The van der Waals surface area contributed by atoms with Gasteiger partial charge in [0.1, 0.15) is 0 Å². The van der Waals surface area contributed by atoms with Gasteiger partial charge in [0.2, 0.25) is 0 Å². The summed E-state index contributed by atoms with van der Waals surface area (Å²) in [5.74, 6) is 1.23. The number of fused-ring (bicyclic) bond motifs is 4. The second-order valence-electron chi connectivity index (χ2n) is 13.7. The van der Waals surface area contributed by atoms with E-state index in [1.165, 1.54) is 81.5 Å². The zero-order chi connectivity index (χ0) is 26.8. The van der Waals surface area contributed by atoms with Gasteiger partial charge in [-0.1, -0.05) is 98.9 Å². The highest BCUT2D eigenvalue weighted by atomic mass is 14.6. The van der Waals surface area contributed by atoms with E-state index in [9.17, 15) is 0 Å². The zero-order valence-electron chi connectivity index (χ0n) is 24.5. The topological polar surface area (TPSA) is 0 Å². The Labute approximate surface area is 233 Å². The molecule has 1 fully saturated rings. The minimum atomic E-state index is -0.121. The highest BCUT2D eigenvalue weighted by molar-refractivity contribution is 6.13. The van der Waals surface area contributed by atoms with Crippen LogP contribution in [0.2, 0.25) is 0 Å². The molecule has 4 aliphatic carbocycles. The highest BCUT2D eigenvalue weighted by Crippen LogP contribution is 2.67. The molecule has 39 heavy (non-hydrogen) atoms. The first-order valence-electron chi connectivity index (χ1n) is 15.3. The average molecular weight is 509 g/mol. The van der Waals surface area contributed by atoms with E-state index in [4.69, 9.17) is 0 Å². The molecule has 4 aromatic carbocycles. The molecule has 4 aromatic rings. The van der Waals surface area contributed by atoms with Crippen LogP contribution in [0.1, 0.15) is 94.5 Å². The Balaban J connectivity index is 1.63. The average Bonchev–Trinajstić information content (AvgIpc) is 3.22. The van der Waals surface area contributed by atoms with E-state index in [0.717, 1.165) is 5.92 Å². The summed E-state index contributed by atoms with van der Waals surface area (Å²) < 4.78 is 0. The summed E-state index contributed by atoms with van der Waals surface area (Å²) in [7, 11) is 0. The van der Waals surface area contributed by atoms with Crippen LogP contribution in [0.4, 0.5) is 0 Å². The first-order chi connectivity index (χ1) is 18.8. The van der Waals surface area contributed by atoms with Crippen molar-refractivity contribution in [3.8, 4) is 11.1 Å². The van der Waals surface area contributed by atoms with Crippen LogP contribution >= 0.6 is 0 Å². The van der Waals surface area contributed by atoms with Gasteiger partial charge in [0.05, 0.1) is 0 Å². The van der Waals surface area contributed by atoms with Gasteiger partial charge >= 0.3 is 0 Å². The quantitative estimate of drug-likeness (QED) is 0.240. The normalized spacial score (nSPS) is 25.2. The molecule has 0 heterocycles. The third kappa shape index (κ3) is 2.76. The maximum Gasteiger partial charge on any atom is 0.0474 e. The molecule has 0 N–H and O–H groups in total. The van der Waals surface area contributed by atoms with Crippen molar-refractivity contribution in [1.29, 1.82) is 0 Å². The zero-order valence-corrected chi connectivity index (χ0v) is 24.5. The lowest BCUT2D eigenvalue weighted by Crippen LogP contribution is -2.42. The number of allylic oxidation sites excluding steroid dienone is 4. The summed E-state index contributed by atoms with van der Waals surface area (Å²) >= 11 is 0. The number of rotatable bonds is 1. The molecule has 0 saturated heterocycles. The van der Waals surface area contributed by atoms with Gasteiger partial charge in [-0.25, -0.2) is 0 Å². The number of benzene rings is 4. The Morgan fingerprint density at radius 3 is 2.28 bits per heavy atom. The predicted molar refractivity (Wildman–Crippen MR) is 167 cm³/mol. The molecule has 0 aromatic heterocycles. The van der Waals surface area contributed by atoms with Crippen molar-refractivity contribution in [3.05, 3.63) is 105 Å². The van der Waals surface area contributed by atoms with Crippen molar-refractivity contribution < 1.29 is 0 Å². The van der Waals surface area contributed by atoms with Gasteiger partial charge in [-0.2, -0.15) is 0 Å². The first kappa shape index (κ1) is 23.7. The molecule has 8 rings (SSSR count). The SMILES string of the molecule is CC1=CC2(c3ccc4cccc5c4c3-c3c(cc4c(C)cccc4c32)C5(C)C)C(C2CCCCC2)C(C)=C1C. The summed E-state index contributed by atoms with van der Waals surface area (Å²) in [4.78, 5) is 0. The molecule has 1 spiro atoms. The third-order valence-corrected chi connectivity index (χ3v) is 11.6. The summed E-state index contributed by atoms with van der Waals surface area (Å²) in [6.45, 7) is 14.5. The summed E-state index contributed by atoms with van der Waals surface area (Å²) in [5.41, 5.74) is 15.2. The molecule has 2 unspecified atom stereocenters. The Hall–Kier alpha value is -3.12. The molecule has 0 heteroatoms. The van der Waals surface area contributed by atoms with Gasteiger partial charge in [-0.05, 0) is 119 Å². The van der Waals surface area contributed by atoms with E-state index in [1.54, 1.807) is 27.8 Å². The molecule has 2 atom stereocenters. The van der Waals surface area contributed by atoms with Crippen molar-refractivity contribution in [2.24, 2.45) is 11.8 Å². The number of aryl methyl sites for hydroxylation is 1. The fraction of sp³-hybridized carbons (Fsp3) is 0.385. The third-order valence-electron chi connectivity index (χ3n) is 11.6. The second kappa shape index (κ2) is 7.75. The molecule has 0 amide bonds. The van der Waals surface area contributed by atoms with Crippen molar-refractivity contribution >= 4 is 21.5 Å². The van der Waals surface area contributed by atoms with Crippen LogP contribution in [0, 0.1) is 18.8 Å². The van der Waals surface area contributed by atoms with E-state index in [-0.39, 0.29) is 10.8 Å². The maximum atomic E-state index is 2.75. The molecule has 4 aliphatic rings. The van der Waals surface area contributed by atoms with Gasteiger partial charge in [0, 0.05) is 16.7 Å². The lowest BCUT2D eigenvalue weighted by atomic mass is 9.55. The van der Waals surface area contributed by atoms with Gasteiger partial charge < -0.3 is 0 Å². The monoisotopic (exact) mass is 508 g/mol. The van der Waals surface area contributed by atoms with Crippen LogP contribution in [0.25, 0.3) is 32.7 Å². The van der Waals surface area contributed by atoms with Gasteiger partial charge in [-0.15, -0.1) is 0 Å². The van der Waals surface area contributed by atoms with Crippen molar-refractivity contribution in [2.75, 3.05) is 0 Å². The van der Waals surface area contributed by atoms with E-state index in [0.29, 0.717) is 5.92 Å². The maximum absolute atomic E-state index is 2.75. The standard InChI is InChI=1S/C39H40/c1-22-12-10-16-28-29(22)20-32-35-34-31(19-18-26-15-11-17-30(33(26)34)38(32,5)6)39(37(28)35)21-23(2)24(3)25(4)36(39)27-13-8-7-9-14-27/h10-12,15-21,27,36H,7-9,13-14H2,1-6H3. The summed E-state index contributed by atoms with van der Waals surface area (Å²) in [5, 5.41) is 5.83. The van der Waals surface area contributed by atoms with Crippen LogP contribution in [-0.2, 0) is 10.8 Å². The highest BCUT2D eigenvalue weighted by Gasteiger charge is 2.55. The number of hydrogen-bond acceptors (Lipinski definition) is 0. The lowest BCUT2D eigenvalue weighted by Gasteiger charge is -2.48. The Morgan fingerprint density at radius 2 is 1.49 bits per heavy atom. The minimum absolute atomic E-state index is 0.0498. The Bertz CT molecular complexity index is 1800. The van der Waals surface area contributed by atoms with Gasteiger partial charge in [-0.3, -0.25) is 0 Å². The molecule has 0 aliphatic heterocycles. The molecule has 196 valence electrons. The minimum Gasteiger partial charge on any atom is -0.0657 e. The summed E-state index contributed by atoms with van der Waals surface area (Å²) in [6.07, 6.45) is 9.61. The van der Waals surface area contributed by atoms with Crippen molar-refractivity contribution in [3.63, 3.8) is 0 Å². The van der Waals surface area contributed by atoms with Crippen LogP contribution in [0.3, 0.4) is 0 Å². The predicted octanol–water partition coefficient (Wildman–Crippen LogP) is 10.7. The van der Waals surface area contributed by atoms with E-state index >= 15 is 0 Å².